The van der Waals surface area contributed by atoms with E-state index in [2.05, 4.69) is 5.16 Å². The van der Waals surface area contributed by atoms with Gasteiger partial charge in [-0.3, -0.25) is 10.1 Å². The highest BCUT2D eigenvalue weighted by molar-refractivity contribution is 5.90. The number of hydrogen-bond donors (Lipinski definition) is 0. The van der Waals surface area contributed by atoms with Crippen molar-refractivity contribution < 1.29 is 23.7 Å². The van der Waals surface area contributed by atoms with Crippen molar-refractivity contribution in [3.05, 3.63) is 87.7 Å². The quantitative estimate of drug-likeness (QED) is 0.143. The van der Waals surface area contributed by atoms with Crippen LogP contribution in [-0.2, 0) is 16.2 Å². The molecule has 0 N–H and O–H groups in total. The van der Waals surface area contributed by atoms with E-state index >= 15 is 0 Å². The molecule has 0 bridgehead atoms. The van der Waals surface area contributed by atoms with Crippen LogP contribution in [0, 0.1) is 10.1 Å². The summed E-state index contributed by atoms with van der Waals surface area (Å²) in [4.78, 5) is 27.5. The molecule has 3 aromatic rings. The summed E-state index contributed by atoms with van der Waals surface area (Å²) >= 11 is 0. The van der Waals surface area contributed by atoms with E-state index in [0.717, 1.165) is 18.4 Å². The van der Waals surface area contributed by atoms with Crippen LogP contribution in [0.4, 0.5) is 5.69 Å². The van der Waals surface area contributed by atoms with Crippen molar-refractivity contribution >= 4 is 17.9 Å². The molecule has 0 aliphatic rings. The van der Waals surface area contributed by atoms with Gasteiger partial charge in [0.2, 0.25) is 0 Å². The monoisotopic (exact) mass is 422 g/mol. The van der Waals surface area contributed by atoms with Crippen LogP contribution in [-0.4, -0.2) is 23.7 Å². The van der Waals surface area contributed by atoms with Crippen molar-refractivity contribution in [1.82, 2.24) is 0 Å². The Balaban J connectivity index is 1.54. The lowest BCUT2D eigenvalue weighted by molar-refractivity contribution is -0.384. The number of nitro groups is 1. The molecule has 31 heavy (non-hydrogen) atoms. The minimum Gasteiger partial charge on any atom is -0.462 e. The van der Waals surface area contributed by atoms with Crippen LogP contribution in [0.3, 0.4) is 0 Å². The number of nitro benzene ring substituents is 1. The number of benzene rings is 2. The van der Waals surface area contributed by atoms with Crippen LogP contribution < -0.4 is 0 Å². The molecule has 2 aromatic carbocycles. The van der Waals surface area contributed by atoms with Gasteiger partial charge in [0.25, 0.3) is 5.69 Å². The lowest BCUT2D eigenvalue weighted by Crippen LogP contribution is -2.05. The molecular formula is C23H22N2O6. The maximum absolute atomic E-state index is 12.0. The van der Waals surface area contributed by atoms with Gasteiger partial charge >= 0.3 is 5.97 Å². The zero-order chi connectivity index (χ0) is 22.1. The minimum atomic E-state index is -0.459. The normalized spacial score (nSPS) is 10.9. The molecule has 0 amide bonds. The van der Waals surface area contributed by atoms with Crippen molar-refractivity contribution in [2.24, 2.45) is 5.16 Å². The van der Waals surface area contributed by atoms with Gasteiger partial charge in [-0.1, -0.05) is 42.8 Å². The Bertz CT molecular complexity index is 1060. The van der Waals surface area contributed by atoms with Gasteiger partial charge in [-0.05, 0) is 36.2 Å². The second-order valence-electron chi connectivity index (χ2n) is 6.70. The van der Waals surface area contributed by atoms with Crippen molar-refractivity contribution in [3.8, 4) is 11.3 Å². The average Bonchev–Trinajstić information content (AvgIpc) is 3.26. The molecule has 1 heterocycles. The van der Waals surface area contributed by atoms with Gasteiger partial charge in [0.15, 0.2) is 0 Å². The second-order valence-corrected chi connectivity index (χ2v) is 6.70. The number of carbonyl (C=O) groups is 1. The van der Waals surface area contributed by atoms with Gasteiger partial charge in [-0.2, -0.15) is 0 Å². The largest absolute Gasteiger partial charge is 0.462 e. The van der Waals surface area contributed by atoms with Crippen LogP contribution >= 0.6 is 0 Å². The first-order valence-electron chi connectivity index (χ1n) is 9.83. The molecule has 3 rings (SSSR count). The van der Waals surface area contributed by atoms with Crippen molar-refractivity contribution in [3.63, 3.8) is 0 Å². The predicted molar refractivity (Wildman–Crippen MR) is 115 cm³/mol. The van der Waals surface area contributed by atoms with Crippen molar-refractivity contribution in [1.29, 1.82) is 0 Å². The van der Waals surface area contributed by atoms with E-state index in [1.54, 1.807) is 48.5 Å². The van der Waals surface area contributed by atoms with E-state index < -0.39 is 4.92 Å². The fraction of sp³-hybridized carbons (Fsp3) is 0.217. The summed E-state index contributed by atoms with van der Waals surface area (Å²) in [5, 5.41) is 14.6. The fourth-order valence-corrected chi connectivity index (χ4v) is 2.70. The zero-order valence-electron chi connectivity index (χ0n) is 17.0. The molecule has 0 saturated heterocycles. The van der Waals surface area contributed by atoms with E-state index in [1.165, 1.54) is 18.3 Å². The molecule has 0 aliphatic carbocycles. The summed E-state index contributed by atoms with van der Waals surface area (Å²) in [5.74, 6) is 0.760. The van der Waals surface area contributed by atoms with Gasteiger partial charge in [0.1, 0.15) is 24.3 Å². The molecule has 0 atom stereocenters. The van der Waals surface area contributed by atoms with Gasteiger partial charge in [0.05, 0.1) is 17.1 Å². The highest BCUT2D eigenvalue weighted by Crippen LogP contribution is 2.22. The van der Waals surface area contributed by atoms with Crippen molar-refractivity contribution in [2.45, 2.75) is 26.4 Å². The number of furan rings is 1. The number of ether oxygens (including phenoxy) is 1. The molecule has 0 radical (unpaired) electrons. The lowest BCUT2D eigenvalue weighted by atomic mass is 10.1. The van der Waals surface area contributed by atoms with Gasteiger partial charge in [-0.25, -0.2) is 4.79 Å². The number of hydrogen-bond acceptors (Lipinski definition) is 7. The Morgan fingerprint density at radius 1 is 1.16 bits per heavy atom. The van der Waals surface area contributed by atoms with Crippen LogP contribution in [0.5, 0.6) is 0 Å². The summed E-state index contributed by atoms with van der Waals surface area (Å²) in [6.07, 6.45) is 3.23. The number of esters is 1. The Hall–Kier alpha value is -3.94. The molecule has 160 valence electrons. The summed E-state index contributed by atoms with van der Waals surface area (Å²) in [7, 11) is 0. The van der Waals surface area contributed by atoms with E-state index in [9.17, 15) is 14.9 Å². The van der Waals surface area contributed by atoms with Crippen molar-refractivity contribution in [2.75, 3.05) is 6.61 Å². The highest BCUT2D eigenvalue weighted by Gasteiger charge is 2.09. The Morgan fingerprint density at radius 3 is 2.71 bits per heavy atom. The maximum atomic E-state index is 12.0. The number of unbranched alkanes of at least 4 members (excludes halogenated alkanes) is 1. The molecule has 1 aromatic heterocycles. The molecule has 8 heteroatoms. The average molecular weight is 422 g/mol. The van der Waals surface area contributed by atoms with E-state index in [1.807, 2.05) is 6.92 Å². The Morgan fingerprint density at radius 2 is 1.97 bits per heavy atom. The molecule has 0 fully saturated rings. The van der Waals surface area contributed by atoms with E-state index in [-0.39, 0.29) is 18.3 Å². The van der Waals surface area contributed by atoms with Gasteiger partial charge < -0.3 is 14.0 Å². The SMILES string of the molecule is CCCCOC(=O)c1ccc(-c2ccc(/C=N\OCc3cccc([N+](=O)[O-])c3)o2)cc1. The topological polar surface area (TPSA) is 104 Å². The van der Waals surface area contributed by atoms with Gasteiger partial charge in [0, 0.05) is 17.7 Å². The van der Waals surface area contributed by atoms with Crippen LogP contribution in [0.25, 0.3) is 11.3 Å². The number of rotatable bonds is 10. The standard InChI is InChI=1S/C23H22N2O6/c1-2-3-13-29-23(26)19-9-7-18(8-10-19)22-12-11-21(31-22)15-24-30-16-17-5-4-6-20(14-17)25(27)28/h4-12,14-15H,2-3,13,16H2,1H3/b24-15-. The number of oxime groups is 1. The number of non-ortho nitro benzene ring substituents is 1. The zero-order valence-corrected chi connectivity index (χ0v) is 17.0. The summed E-state index contributed by atoms with van der Waals surface area (Å²) in [6.45, 7) is 2.55. The third-order valence-corrected chi connectivity index (χ3v) is 4.37. The molecule has 8 nitrogen and oxygen atoms in total. The molecular weight excluding hydrogens is 400 g/mol. The molecule has 0 aliphatic heterocycles. The number of carbonyl (C=O) groups excluding carboxylic acids is 1. The highest BCUT2D eigenvalue weighted by atomic mass is 16.6. The third kappa shape index (κ3) is 6.27. The lowest BCUT2D eigenvalue weighted by Gasteiger charge is -2.04. The summed E-state index contributed by atoms with van der Waals surface area (Å²) in [5.41, 5.74) is 1.94. The van der Waals surface area contributed by atoms with Crippen LogP contribution in [0.1, 0.15) is 41.4 Å². The second kappa shape index (κ2) is 10.7. The minimum absolute atomic E-state index is 0.000923. The van der Waals surface area contributed by atoms with E-state index in [0.29, 0.717) is 29.3 Å². The van der Waals surface area contributed by atoms with Crippen LogP contribution in [0.15, 0.2) is 70.2 Å². The Labute approximate surface area is 179 Å². The third-order valence-electron chi connectivity index (χ3n) is 4.37. The predicted octanol–water partition coefficient (Wildman–Crippen LogP) is 5.36. The first-order valence-corrected chi connectivity index (χ1v) is 9.83. The Kier molecular flexibility index (Phi) is 7.53. The summed E-state index contributed by atoms with van der Waals surface area (Å²) < 4.78 is 10.9. The van der Waals surface area contributed by atoms with Gasteiger partial charge in [-0.15, -0.1) is 0 Å². The first-order chi connectivity index (χ1) is 15.1. The smallest absolute Gasteiger partial charge is 0.338 e. The fourth-order valence-electron chi connectivity index (χ4n) is 2.70. The summed E-state index contributed by atoms with van der Waals surface area (Å²) in [6, 6.07) is 16.7. The molecule has 0 spiro atoms. The maximum Gasteiger partial charge on any atom is 0.338 e. The molecule has 0 unspecified atom stereocenters. The van der Waals surface area contributed by atoms with Crippen LogP contribution in [0.2, 0.25) is 0 Å². The molecule has 0 saturated carbocycles. The number of nitrogens with zero attached hydrogens (tertiary/aromatic N) is 2. The van der Waals surface area contributed by atoms with E-state index in [4.69, 9.17) is 14.0 Å². The first kappa shape index (κ1) is 21.8.